The van der Waals surface area contributed by atoms with Crippen molar-refractivity contribution in [3.8, 4) is 0 Å². The molecule has 5 heteroatoms. The van der Waals surface area contributed by atoms with Gasteiger partial charge in [-0.1, -0.05) is 37.2 Å². The number of allylic oxidation sites excluding steroid dienone is 3. The van der Waals surface area contributed by atoms with Gasteiger partial charge < -0.3 is 5.32 Å². The number of thiocarbonyl (C=S) groups is 1. The first-order chi connectivity index (χ1) is 9.91. The molecule has 0 aromatic heterocycles. The lowest BCUT2D eigenvalue weighted by atomic mass is 9.65. The number of rotatable bonds is 7. The summed E-state index contributed by atoms with van der Waals surface area (Å²) < 4.78 is 22.4. The second kappa shape index (κ2) is 7.05. The van der Waals surface area contributed by atoms with Crippen LogP contribution in [0.2, 0.25) is 0 Å². The van der Waals surface area contributed by atoms with E-state index in [9.17, 15) is 8.42 Å². The predicted molar refractivity (Wildman–Crippen MR) is 92.0 cm³/mol. The Labute approximate surface area is 133 Å². The Kier molecular flexibility index (Phi) is 5.60. The fraction of sp³-hybridized carbons (Fsp3) is 0.688. The molecule has 2 rings (SSSR count). The maximum Gasteiger partial charge on any atom is 0.147 e. The third-order valence-electron chi connectivity index (χ3n) is 4.47. The molecular formula is C16H25NO2S2. The van der Waals surface area contributed by atoms with Crippen LogP contribution in [0.5, 0.6) is 0 Å². The van der Waals surface area contributed by atoms with Gasteiger partial charge in [-0.05, 0) is 44.6 Å². The highest BCUT2D eigenvalue weighted by Crippen LogP contribution is 2.46. The molecule has 0 atom stereocenters. The van der Waals surface area contributed by atoms with Crippen LogP contribution in [0, 0.1) is 5.41 Å². The van der Waals surface area contributed by atoms with Gasteiger partial charge in [0.25, 0.3) is 0 Å². The van der Waals surface area contributed by atoms with Gasteiger partial charge >= 0.3 is 0 Å². The Hall–Kier alpha value is -0.680. The highest BCUT2D eigenvalue weighted by atomic mass is 32.2. The molecule has 0 unspecified atom stereocenters. The van der Waals surface area contributed by atoms with E-state index >= 15 is 0 Å². The van der Waals surface area contributed by atoms with E-state index in [0.29, 0.717) is 0 Å². The zero-order valence-corrected chi connectivity index (χ0v) is 14.4. The minimum Gasteiger partial charge on any atom is -0.350 e. The zero-order chi connectivity index (χ0) is 15.3. The Morgan fingerprint density at radius 1 is 1.33 bits per heavy atom. The Bertz CT molecular complexity index is 543. The molecule has 0 amide bonds. The van der Waals surface area contributed by atoms with E-state index in [1.54, 1.807) is 0 Å². The van der Waals surface area contributed by atoms with Crippen LogP contribution >= 0.6 is 12.2 Å². The van der Waals surface area contributed by atoms with Gasteiger partial charge in [0.2, 0.25) is 0 Å². The lowest BCUT2D eigenvalue weighted by Crippen LogP contribution is -2.44. The Morgan fingerprint density at radius 3 is 2.62 bits per heavy atom. The molecule has 0 heterocycles. The van der Waals surface area contributed by atoms with Gasteiger partial charge in [0.1, 0.15) is 9.84 Å². The van der Waals surface area contributed by atoms with E-state index in [1.165, 1.54) is 12.7 Å². The van der Waals surface area contributed by atoms with Gasteiger partial charge in [-0.15, -0.1) is 0 Å². The molecule has 0 spiro atoms. The summed E-state index contributed by atoms with van der Waals surface area (Å²) in [6.45, 7) is 0. The van der Waals surface area contributed by atoms with Crippen LogP contribution in [-0.4, -0.2) is 25.4 Å². The van der Waals surface area contributed by atoms with E-state index in [0.717, 1.165) is 55.6 Å². The number of hydrogen-bond acceptors (Lipinski definition) is 3. The topological polar surface area (TPSA) is 46.2 Å². The maximum absolute atomic E-state index is 11.2. The van der Waals surface area contributed by atoms with Crippen LogP contribution in [0.25, 0.3) is 0 Å². The first-order valence-electron chi connectivity index (χ1n) is 7.77. The molecule has 0 aliphatic heterocycles. The van der Waals surface area contributed by atoms with Gasteiger partial charge in [-0.3, -0.25) is 0 Å². The fourth-order valence-corrected chi connectivity index (χ4v) is 4.14. The zero-order valence-electron chi connectivity index (χ0n) is 12.7. The Balaban J connectivity index is 1.84. The molecule has 0 bridgehead atoms. The summed E-state index contributed by atoms with van der Waals surface area (Å²) >= 11 is 5.64. The molecule has 21 heavy (non-hydrogen) atoms. The molecule has 118 valence electrons. The summed E-state index contributed by atoms with van der Waals surface area (Å²) in [7, 11) is -2.84. The van der Waals surface area contributed by atoms with Gasteiger partial charge in [-0.2, -0.15) is 0 Å². The first-order valence-corrected chi connectivity index (χ1v) is 10.2. The maximum atomic E-state index is 11.2. The molecule has 2 aliphatic rings. The van der Waals surface area contributed by atoms with Crippen LogP contribution in [-0.2, 0) is 9.84 Å². The minimum absolute atomic E-state index is 0.110. The van der Waals surface area contributed by atoms with Crippen LogP contribution in [0.1, 0.15) is 51.4 Å². The number of sulfone groups is 1. The summed E-state index contributed by atoms with van der Waals surface area (Å²) in [5, 5.41) is 3.41. The molecule has 2 aliphatic carbocycles. The van der Waals surface area contributed by atoms with E-state index in [1.807, 2.05) is 0 Å². The fourth-order valence-electron chi connectivity index (χ4n) is 2.99. The van der Waals surface area contributed by atoms with Crippen LogP contribution < -0.4 is 5.32 Å². The molecule has 0 saturated heterocycles. The molecular weight excluding hydrogens is 302 g/mol. The quantitative estimate of drug-likeness (QED) is 0.574. The second-order valence-electron chi connectivity index (χ2n) is 6.31. The lowest BCUT2D eigenvalue weighted by Gasteiger charge is -2.43. The smallest absolute Gasteiger partial charge is 0.147 e. The van der Waals surface area contributed by atoms with Crippen molar-refractivity contribution in [3.05, 3.63) is 23.9 Å². The standard InChI is InChI=1S/C16H25NO2S2/c1-21(18,19)13-6-5-10-16(11-7-12-16)15(20)17-14-8-3-2-4-9-14/h3,8-9H,2,4-7,10-13H2,1H3,(H,17,20). The number of nitrogens with one attached hydrogen (secondary N) is 1. The molecule has 3 nitrogen and oxygen atoms in total. The summed E-state index contributed by atoms with van der Waals surface area (Å²) in [6.07, 6.45) is 16.1. The highest BCUT2D eigenvalue weighted by molar-refractivity contribution is 7.90. The van der Waals surface area contributed by atoms with Gasteiger partial charge in [0, 0.05) is 23.1 Å². The van der Waals surface area contributed by atoms with E-state index < -0.39 is 9.84 Å². The van der Waals surface area contributed by atoms with Crippen molar-refractivity contribution in [2.24, 2.45) is 5.41 Å². The van der Waals surface area contributed by atoms with Gasteiger partial charge in [0.15, 0.2) is 0 Å². The van der Waals surface area contributed by atoms with Crippen molar-refractivity contribution in [2.45, 2.75) is 51.4 Å². The summed E-state index contributed by atoms with van der Waals surface area (Å²) in [5.74, 6) is 0.289. The summed E-state index contributed by atoms with van der Waals surface area (Å²) in [4.78, 5) is 0.950. The normalized spacial score (nSPS) is 20.5. The number of hydrogen-bond donors (Lipinski definition) is 1. The van der Waals surface area contributed by atoms with Crippen LogP contribution in [0.3, 0.4) is 0 Å². The average molecular weight is 328 g/mol. The van der Waals surface area contributed by atoms with E-state index in [4.69, 9.17) is 12.2 Å². The summed E-state index contributed by atoms with van der Waals surface area (Å²) in [5.41, 5.74) is 1.23. The van der Waals surface area contributed by atoms with Crippen molar-refractivity contribution < 1.29 is 8.42 Å². The van der Waals surface area contributed by atoms with Crippen LogP contribution in [0.15, 0.2) is 23.9 Å². The van der Waals surface area contributed by atoms with Crippen molar-refractivity contribution in [3.63, 3.8) is 0 Å². The third-order valence-corrected chi connectivity index (χ3v) is 6.03. The van der Waals surface area contributed by atoms with E-state index in [-0.39, 0.29) is 11.2 Å². The highest BCUT2D eigenvalue weighted by Gasteiger charge is 2.40. The second-order valence-corrected chi connectivity index (χ2v) is 8.98. The molecule has 0 aromatic carbocycles. The molecule has 0 aromatic rings. The number of unbranched alkanes of at least 4 members (excludes halogenated alkanes) is 1. The van der Waals surface area contributed by atoms with Gasteiger partial charge in [0.05, 0.1) is 4.99 Å². The third kappa shape index (κ3) is 4.92. The van der Waals surface area contributed by atoms with E-state index in [2.05, 4.69) is 23.5 Å². The molecule has 1 N–H and O–H groups in total. The largest absolute Gasteiger partial charge is 0.350 e. The summed E-state index contributed by atoms with van der Waals surface area (Å²) in [6, 6.07) is 0. The monoisotopic (exact) mass is 327 g/mol. The predicted octanol–water partition coefficient (Wildman–Crippen LogP) is 3.52. The van der Waals surface area contributed by atoms with Gasteiger partial charge in [-0.25, -0.2) is 8.42 Å². The van der Waals surface area contributed by atoms with Crippen LogP contribution in [0.4, 0.5) is 0 Å². The lowest BCUT2D eigenvalue weighted by molar-refractivity contribution is 0.209. The minimum atomic E-state index is -2.84. The first kappa shape index (κ1) is 16.7. The van der Waals surface area contributed by atoms with Crippen molar-refractivity contribution >= 4 is 27.0 Å². The van der Waals surface area contributed by atoms with Crippen molar-refractivity contribution in [1.29, 1.82) is 0 Å². The molecule has 0 radical (unpaired) electrons. The SMILES string of the molecule is CS(=O)(=O)CCCCC1(C(=S)NC2=CCCC=C2)CCC1. The van der Waals surface area contributed by atoms with Crippen molar-refractivity contribution in [1.82, 2.24) is 5.32 Å². The molecule has 1 saturated carbocycles. The average Bonchev–Trinajstić information content (AvgIpc) is 2.36. The van der Waals surface area contributed by atoms with Crippen molar-refractivity contribution in [2.75, 3.05) is 12.0 Å². The molecule has 1 fully saturated rings. The Morgan fingerprint density at radius 2 is 2.10 bits per heavy atom.